The Morgan fingerprint density at radius 2 is 2.25 bits per heavy atom. The van der Waals surface area contributed by atoms with Crippen molar-refractivity contribution in [3.63, 3.8) is 0 Å². The summed E-state index contributed by atoms with van der Waals surface area (Å²) < 4.78 is 10.9. The zero-order valence-electron chi connectivity index (χ0n) is 7.12. The summed E-state index contributed by atoms with van der Waals surface area (Å²) in [5, 5.41) is 8.29. The lowest BCUT2D eigenvalue weighted by Gasteiger charge is -1.98. The zero-order chi connectivity index (χ0) is 9.40. The van der Waals surface area contributed by atoms with E-state index in [1.54, 1.807) is 11.8 Å². The number of carboxylic acids is 1. The molecule has 0 fully saturated rings. The van der Waals surface area contributed by atoms with Crippen LogP contribution in [0.25, 0.3) is 0 Å². The first-order chi connectivity index (χ1) is 5.66. The lowest BCUT2D eigenvalue weighted by Crippen LogP contribution is -2.12. The molecule has 0 amide bonds. The molecule has 72 valence electrons. The molecule has 1 unspecified atom stereocenters. The molecule has 0 aliphatic rings. The summed E-state index contributed by atoms with van der Waals surface area (Å²) in [6.45, 7) is 2.07. The molecule has 0 saturated carbocycles. The third-order valence-electron chi connectivity index (χ3n) is 1.15. The first-order valence-corrected chi connectivity index (χ1v) is 6.45. The van der Waals surface area contributed by atoms with Crippen LogP contribution in [-0.2, 0) is 15.6 Å². The second-order valence-corrected chi connectivity index (χ2v) is 5.20. The normalized spacial score (nSPS) is 12.8. The Labute approximate surface area is 79.4 Å². The Kier molecular flexibility index (Phi) is 7.59. The van der Waals surface area contributed by atoms with Crippen LogP contribution in [0.5, 0.6) is 0 Å². The highest BCUT2D eigenvalue weighted by Crippen LogP contribution is 2.01. The smallest absolute Gasteiger partial charge is 0.316 e. The van der Waals surface area contributed by atoms with Crippen LogP contribution >= 0.6 is 11.8 Å². The molecule has 5 heteroatoms. The summed E-state index contributed by atoms with van der Waals surface area (Å²) in [7, 11) is -1.17. The van der Waals surface area contributed by atoms with Crippen molar-refractivity contribution in [2.75, 3.05) is 23.0 Å². The molecule has 0 aliphatic heterocycles. The van der Waals surface area contributed by atoms with Gasteiger partial charge in [-0.05, 0) is 17.9 Å². The molecule has 0 bridgehead atoms. The Balaban J connectivity index is 3.26. The SMILES string of the molecule is CCSCCCS(=O)CC(=O)O. The number of carbonyl (C=O) groups is 1. The molecule has 0 rings (SSSR count). The number of hydrogen-bond donors (Lipinski definition) is 1. The van der Waals surface area contributed by atoms with Gasteiger partial charge in [0, 0.05) is 16.6 Å². The Morgan fingerprint density at radius 3 is 2.75 bits per heavy atom. The summed E-state index contributed by atoms with van der Waals surface area (Å²) in [5.74, 6) is 1.36. The summed E-state index contributed by atoms with van der Waals surface area (Å²) in [4.78, 5) is 10.1. The lowest BCUT2D eigenvalue weighted by molar-refractivity contribution is -0.133. The van der Waals surface area contributed by atoms with E-state index in [4.69, 9.17) is 5.11 Å². The molecule has 3 nitrogen and oxygen atoms in total. The average Bonchev–Trinajstić information content (AvgIpc) is 1.97. The van der Waals surface area contributed by atoms with Crippen LogP contribution < -0.4 is 0 Å². The van der Waals surface area contributed by atoms with Gasteiger partial charge in [-0.15, -0.1) is 0 Å². The maximum atomic E-state index is 10.9. The van der Waals surface area contributed by atoms with E-state index >= 15 is 0 Å². The zero-order valence-corrected chi connectivity index (χ0v) is 8.75. The van der Waals surface area contributed by atoms with Gasteiger partial charge in [-0.2, -0.15) is 11.8 Å². The van der Waals surface area contributed by atoms with E-state index in [2.05, 4.69) is 6.92 Å². The first kappa shape index (κ1) is 12.0. The van der Waals surface area contributed by atoms with Gasteiger partial charge in [0.25, 0.3) is 0 Å². The minimum absolute atomic E-state index is 0.212. The molecule has 12 heavy (non-hydrogen) atoms. The topological polar surface area (TPSA) is 54.4 Å². The molecule has 0 aliphatic carbocycles. The molecule has 1 N–H and O–H groups in total. The van der Waals surface area contributed by atoms with Crippen molar-refractivity contribution in [3.05, 3.63) is 0 Å². The van der Waals surface area contributed by atoms with E-state index in [0.29, 0.717) is 5.75 Å². The van der Waals surface area contributed by atoms with Crippen LogP contribution in [0.2, 0.25) is 0 Å². The largest absolute Gasteiger partial charge is 0.481 e. The summed E-state index contributed by atoms with van der Waals surface area (Å²) in [5.41, 5.74) is 0. The Bertz CT molecular complexity index is 159. The van der Waals surface area contributed by atoms with Crippen molar-refractivity contribution in [3.8, 4) is 0 Å². The van der Waals surface area contributed by atoms with Crippen molar-refractivity contribution in [1.82, 2.24) is 0 Å². The van der Waals surface area contributed by atoms with Crippen LogP contribution in [-0.4, -0.2) is 38.3 Å². The number of thioether (sulfide) groups is 1. The third kappa shape index (κ3) is 8.07. The quantitative estimate of drug-likeness (QED) is 0.636. The van der Waals surface area contributed by atoms with Crippen LogP contribution in [0.4, 0.5) is 0 Å². The maximum Gasteiger partial charge on any atom is 0.316 e. The van der Waals surface area contributed by atoms with Gasteiger partial charge in [-0.3, -0.25) is 9.00 Å². The number of hydrogen-bond acceptors (Lipinski definition) is 3. The predicted octanol–water partition coefficient (Wildman–Crippen LogP) is 0.963. The molecule has 0 heterocycles. The van der Waals surface area contributed by atoms with Crippen LogP contribution in [0, 0.1) is 0 Å². The minimum Gasteiger partial charge on any atom is -0.481 e. The van der Waals surface area contributed by atoms with E-state index in [0.717, 1.165) is 17.9 Å². The van der Waals surface area contributed by atoms with Crippen LogP contribution in [0.15, 0.2) is 0 Å². The van der Waals surface area contributed by atoms with Crippen molar-refractivity contribution in [2.24, 2.45) is 0 Å². The van der Waals surface area contributed by atoms with Crippen molar-refractivity contribution in [2.45, 2.75) is 13.3 Å². The second-order valence-electron chi connectivity index (χ2n) is 2.23. The van der Waals surface area contributed by atoms with Crippen molar-refractivity contribution in [1.29, 1.82) is 0 Å². The maximum absolute atomic E-state index is 10.9. The van der Waals surface area contributed by atoms with Gasteiger partial charge in [0.1, 0.15) is 5.75 Å². The van der Waals surface area contributed by atoms with Crippen molar-refractivity contribution < 1.29 is 14.1 Å². The predicted molar refractivity (Wildman–Crippen MR) is 53.1 cm³/mol. The van der Waals surface area contributed by atoms with E-state index < -0.39 is 16.8 Å². The summed E-state index contributed by atoms with van der Waals surface area (Å²) in [6.07, 6.45) is 0.846. The molecule has 0 saturated heterocycles. The van der Waals surface area contributed by atoms with E-state index in [9.17, 15) is 9.00 Å². The number of carboxylic acid groups (broad SMARTS) is 1. The lowest BCUT2D eigenvalue weighted by atomic mass is 10.6. The highest BCUT2D eigenvalue weighted by atomic mass is 32.2. The molecular formula is C7H14O3S2. The van der Waals surface area contributed by atoms with Crippen LogP contribution in [0.3, 0.4) is 0 Å². The monoisotopic (exact) mass is 210 g/mol. The van der Waals surface area contributed by atoms with Gasteiger partial charge >= 0.3 is 5.97 Å². The van der Waals surface area contributed by atoms with Gasteiger partial charge in [-0.25, -0.2) is 0 Å². The Morgan fingerprint density at radius 1 is 1.58 bits per heavy atom. The molecule has 0 aromatic carbocycles. The number of rotatable bonds is 7. The fourth-order valence-corrected chi connectivity index (χ4v) is 2.38. The van der Waals surface area contributed by atoms with Gasteiger partial charge in [-0.1, -0.05) is 6.92 Å². The summed E-state index contributed by atoms with van der Waals surface area (Å²) >= 11 is 1.79. The first-order valence-electron chi connectivity index (χ1n) is 3.81. The Hall–Kier alpha value is -0.0300. The minimum atomic E-state index is -1.17. The fourth-order valence-electron chi connectivity index (χ4n) is 0.676. The van der Waals surface area contributed by atoms with Crippen molar-refractivity contribution >= 4 is 28.5 Å². The van der Waals surface area contributed by atoms with Gasteiger partial charge in [0.05, 0.1) is 0 Å². The standard InChI is InChI=1S/C7H14O3S2/c1-2-11-4-3-5-12(10)6-7(8)9/h2-6H2,1H3,(H,8,9). The second kappa shape index (κ2) is 7.61. The molecule has 0 aromatic rings. The summed E-state index contributed by atoms with van der Waals surface area (Å²) in [6, 6.07) is 0. The van der Waals surface area contributed by atoms with Gasteiger partial charge in [0.2, 0.25) is 0 Å². The molecular weight excluding hydrogens is 196 g/mol. The number of aliphatic carboxylic acids is 1. The highest BCUT2D eigenvalue weighted by Gasteiger charge is 2.04. The molecule has 0 radical (unpaired) electrons. The van der Waals surface area contributed by atoms with Gasteiger partial charge < -0.3 is 5.11 Å². The molecule has 0 aromatic heterocycles. The fraction of sp³-hybridized carbons (Fsp3) is 0.857. The highest BCUT2D eigenvalue weighted by molar-refractivity contribution is 7.99. The van der Waals surface area contributed by atoms with E-state index in [1.165, 1.54) is 0 Å². The third-order valence-corrected chi connectivity index (χ3v) is 3.45. The average molecular weight is 210 g/mol. The van der Waals surface area contributed by atoms with E-state index in [1.807, 2.05) is 0 Å². The van der Waals surface area contributed by atoms with Crippen LogP contribution in [0.1, 0.15) is 13.3 Å². The van der Waals surface area contributed by atoms with E-state index in [-0.39, 0.29) is 5.75 Å². The molecule has 0 spiro atoms. The van der Waals surface area contributed by atoms with Gasteiger partial charge in [0.15, 0.2) is 0 Å². The molecule has 1 atom stereocenters.